The molecule has 0 radical (unpaired) electrons. The van der Waals surface area contributed by atoms with Crippen molar-refractivity contribution < 1.29 is 19.6 Å². The summed E-state index contributed by atoms with van der Waals surface area (Å²) in [6.45, 7) is 5.23. The third-order valence-corrected chi connectivity index (χ3v) is 2.08. The van der Waals surface area contributed by atoms with Crippen molar-refractivity contribution in [2.24, 2.45) is 0 Å². The van der Waals surface area contributed by atoms with E-state index in [0.29, 0.717) is 5.69 Å². The molecule has 0 aliphatic rings. The van der Waals surface area contributed by atoms with E-state index in [-0.39, 0.29) is 10.5 Å². The lowest BCUT2D eigenvalue weighted by atomic mass is 9.80. The second-order valence-corrected chi connectivity index (χ2v) is 5.21. The topological polar surface area (TPSA) is 78.8 Å². The molecule has 0 atom stereocenters. The molecule has 0 unspecified atom stereocenters. The summed E-state index contributed by atoms with van der Waals surface area (Å²) in [5.41, 5.74) is -0.0875. The van der Waals surface area contributed by atoms with Crippen LogP contribution in [0.3, 0.4) is 0 Å². The van der Waals surface area contributed by atoms with Crippen molar-refractivity contribution in [1.29, 1.82) is 0 Å². The van der Waals surface area contributed by atoms with Crippen LogP contribution in [0.25, 0.3) is 0 Å². The summed E-state index contributed by atoms with van der Waals surface area (Å²) >= 11 is 5.80. The number of anilines is 1. The van der Waals surface area contributed by atoms with Crippen molar-refractivity contribution in [3.63, 3.8) is 0 Å². The SMILES string of the molecule is CC(C)(C)OC(=O)Nc1cc(Cl)cc(B(O)O)c1. The maximum atomic E-state index is 11.5. The number of halogens is 1. The average molecular weight is 272 g/mol. The van der Waals surface area contributed by atoms with E-state index in [1.807, 2.05) is 0 Å². The number of hydrogen-bond donors (Lipinski definition) is 3. The maximum Gasteiger partial charge on any atom is 0.488 e. The molecular weight excluding hydrogens is 256 g/mol. The number of ether oxygens (including phenoxy) is 1. The summed E-state index contributed by atoms with van der Waals surface area (Å²) in [5, 5.41) is 20.8. The molecule has 0 aromatic heterocycles. The largest absolute Gasteiger partial charge is 0.488 e. The molecule has 0 spiro atoms. The van der Waals surface area contributed by atoms with Gasteiger partial charge in [0.25, 0.3) is 0 Å². The van der Waals surface area contributed by atoms with Gasteiger partial charge in [0.15, 0.2) is 0 Å². The van der Waals surface area contributed by atoms with Gasteiger partial charge in [0.05, 0.1) is 0 Å². The minimum absolute atomic E-state index is 0.188. The van der Waals surface area contributed by atoms with E-state index in [1.165, 1.54) is 18.2 Å². The maximum absolute atomic E-state index is 11.5. The first-order chi connectivity index (χ1) is 8.17. The van der Waals surface area contributed by atoms with E-state index in [9.17, 15) is 4.79 Å². The molecule has 1 aromatic rings. The molecule has 1 aromatic carbocycles. The van der Waals surface area contributed by atoms with Crippen LogP contribution in [0.15, 0.2) is 18.2 Å². The average Bonchev–Trinajstić information content (AvgIpc) is 2.12. The summed E-state index contributed by atoms with van der Waals surface area (Å²) in [6.07, 6.45) is -0.636. The third kappa shape index (κ3) is 4.95. The lowest BCUT2D eigenvalue weighted by Crippen LogP contribution is -2.31. The van der Waals surface area contributed by atoms with Gasteiger partial charge in [0.2, 0.25) is 0 Å². The fourth-order valence-electron chi connectivity index (χ4n) is 1.26. The van der Waals surface area contributed by atoms with Crippen LogP contribution in [0.5, 0.6) is 0 Å². The van der Waals surface area contributed by atoms with Crippen LogP contribution < -0.4 is 10.8 Å². The fraction of sp³-hybridized carbons (Fsp3) is 0.364. The quantitative estimate of drug-likeness (QED) is 0.710. The van der Waals surface area contributed by atoms with E-state index in [2.05, 4.69) is 5.32 Å². The van der Waals surface area contributed by atoms with Crippen molar-refractivity contribution in [3.05, 3.63) is 23.2 Å². The molecule has 1 amide bonds. The molecule has 5 nitrogen and oxygen atoms in total. The number of nitrogens with one attached hydrogen (secondary N) is 1. The highest BCUT2D eigenvalue weighted by Gasteiger charge is 2.18. The van der Waals surface area contributed by atoms with E-state index >= 15 is 0 Å². The van der Waals surface area contributed by atoms with Gasteiger partial charge in [0, 0.05) is 10.7 Å². The summed E-state index contributed by atoms with van der Waals surface area (Å²) in [6, 6.07) is 4.28. The van der Waals surface area contributed by atoms with Crippen LogP contribution in [0.1, 0.15) is 20.8 Å². The molecule has 3 N–H and O–H groups in total. The van der Waals surface area contributed by atoms with Gasteiger partial charge in [-0.3, -0.25) is 5.32 Å². The van der Waals surface area contributed by atoms with Crippen LogP contribution >= 0.6 is 11.6 Å². The highest BCUT2D eigenvalue weighted by Crippen LogP contribution is 2.15. The van der Waals surface area contributed by atoms with Gasteiger partial charge < -0.3 is 14.8 Å². The van der Waals surface area contributed by atoms with E-state index in [4.69, 9.17) is 26.4 Å². The molecule has 0 fully saturated rings. The van der Waals surface area contributed by atoms with Crippen LogP contribution in [0.2, 0.25) is 5.02 Å². The minimum Gasteiger partial charge on any atom is -0.444 e. The highest BCUT2D eigenvalue weighted by molar-refractivity contribution is 6.59. The monoisotopic (exact) mass is 271 g/mol. The van der Waals surface area contributed by atoms with Gasteiger partial charge in [-0.2, -0.15) is 0 Å². The van der Waals surface area contributed by atoms with Gasteiger partial charge in [0.1, 0.15) is 5.60 Å². The van der Waals surface area contributed by atoms with Crippen LogP contribution in [-0.4, -0.2) is 28.9 Å². The number of rotatable bonds is 2. The number of amides is 1. The normalized spacial score (nSPS) is 11.0. The Hall–Kier alpha value is -1.24. The number of hydrogen-bond acceptors (Lipinski definition) is 4. The van der Waals surface area contributed by atoms with Gasteiger partial charge in [-0.25, -0.2) is 4.79 Å². The van der Waals surface area contributed by atoms with Crippen molar-refractivity contribution in [2.75, 3.05) is 5.32 Å². The molecule has 0 heterocycles. The number of carbonyl (C=O) groups excluding carboxylic acids is 1. The van der Waals surface area contributed by atoms with Crippen molar-refractivity contribution >= 4 is 36.0 Å². The molecule has 0 saturated heterocycles. The first kappa shape index (κ1) is 14.8. The molecule has 1 rings (SSSR count). The van der Waals surface area contributed by atoms with Crippen LogP contribution in [0, 0.1) is 0 Å². The van der Waals surface area contributed by atoms with E-state index in [1.54, 1.807) is 20.8 Å². The van der Waals surface area contributed by atoms with Crippen LogP contribution in [-0.2, 0) is 4.74 Å². The summed E-state index contributed by atoms with van der Waals surface area (Å²) in [5.74, 6) is 0. The highest BCUT2D eigenvalue weighted by atomic mass is 35.5. The van der Waals surface area contributed by atoms with E-state index < -0.39 is 18.8 Å². The molecule has 7 heteroatoms. The molecule has 18 heavy (non-hydrogen) atoms. The predicted molar refractivity (Wildman–Crippen MR) is 71.1 cm³/mol. The zero-order valence-electron chi connectivity index (χ0n) is 10.4. The Balaban J connectivity index is 2.82. The molecule has 98 valence electrons. The molecular formula is C11H15BClNO4. The first-order valence-corrected chi connectivity index (χ1v) is 5.72. The van der Waals surface area contributed by atoms with E-state index in [0.717, 1.165) is 0 Å². The summed E-state index contributed by atoms with van der Waals surface area (Å²) in [4.78, 5) is 11.5. The lowest BCUT2D eigenvalue weighted by molar-refractivity contribution is 0.0636. The second-order valence-electron chi connectivity index (χ2n) is 4.77. The Bertz CT molecular complexity index is 445. The Morgan fingerprint density at radius 3 is 2.44 bits per heavy atom. The predicted octanol–water partition coefficient (Wildman–Crippen LogP) is 1.37. The molecule has 0 aliphatic heterocycles. The fourth-order valence-corrected chi connectivity index (χ4v) is 1.50. The van der Waals surface area contributed by atoms with Crippen molar-refractivity contribution in [2.45, 2.75) is 26.4 Å². The van der Waals surface area contributed by atoms with Crippen molar-refractivity contribution in [1.82, 2.24) is 0 Å². The van der Waals surface area contributed by atoms with Crippen LogP contribution in [0.4, 0.5) is 10.5 Å². The van der Waals surface area contributed by atoms with Gasteiger partial charge in [-0.15, -0.1) is 0 Å². The Morgan fingerprint density at radius 2 is 1.94 bits per heavy atom. The number of benzene rings is 1. The summed E-state index contributed by atoms with van der Waals surface area (Å²) < 4.78 is 5.06. The number of carbonyl (C=O) groups is 1. The lowest BCUT2D eigenvalue weighted by Gasteiger charge is -2.19. The van der Waals surface area contributed by atoms with Gasteiger partial charge in [-0.1, -0.05) is 11.6 Å². The van der Waals surface area contributed by atoms with Gasteiger partial charge in [-0.05, 0) is 44.4 Å². The molecule has 0 saturated carbocycles. The zero-order valence-corrected chi connectivity index (χ0v) is 11.2. The first-order valence-electron chi connectivity index (χ1n) is 5.34. The second kappa shape index (κ2) is 5.60. The Morgan fingerprint density at radius 1 is 1.33 bits per heavy atom. The van der Waals surface area contributed by atoms with Crippen molar-refractivity contribution in [3.8, 4) is 0 Å². The smallest absolute Gasteiger partial charge is 0.444 e. The molecule has 0 bridgehead atoms. The van der Waals surface area contributed by atoms with Gasteiger partial charge >= 0.3 is 13.2 Å². The minimum atomic E-state index is -1.65. The standard InChI is InChI=1S/C11H15BClNO4/c1-11(2,3)18-10(15)14-9-5-7(12(16)17)4-8(13)6-9/h4-6,16-17H,1-3H3,(H,14,15). The third-order valence-electron chi connectivity index (χ3n) is 1.86. The Kier molecular flexibility index (Phi) is 4.62. The summed E-state index contributed by atoms with van der Waals surface area (Å²) in [7, 11) is -1.65. The molecule has 0 aliphatic carbocycles. The zero-order chi connectivity index (χ0) is 13.9. The Labute approximate surface area is 111 Å².